The van der Waals surface area contributed by atoms with E-state index in [9.17, 15) is 4.79 Å². The molecule has 0 aliphatic carbocycles. The summed E-state index contributed by atoms with van der Waals surface area (Å²) in [4.78, 5) is 11.6. The van der Waals surface area contributed by atoms with Crippen molar-refractivity contribution in [2.75, 3.05) is 6.61 Å². The number of rotatable bonds is 6. The number of benzene rings is 2. The van der Waals surface area contributed by atoms with Gasteiger partial charge in [0.05, 0.1) is 6.61 Å². The average Bonchev–Trinajstić information content (AvgIpc) is 2.54. The van der Waals surface area contributed by atoms with Crippen LogP contribution in [0.5, 0.6) is 11.5 Å². The van der Waals surface area contributed by atoms with Gasteiger partial charge in [-0.05, 0) is 37.3 Å². The van der Waals surface area contributed by atoms with Gasteiger partial charge >= 0.3 is 0 Å². The zero-order valence-corrected chi connectivity index (χ0v) is 13.9. The highest BCUT2D eigenvalue weighted by atomic mass is 35.5. The van der Waals surface area contributed by atoms with Crippen LogP contribution in [0.3, 0.4) is 0 Å². The summed E-state index contributed by atoms with van der Waals surface area (Å²) in [5.41, 5.74) is 3.25. The molecule has 0 saturated heterocycles. The molecule has 7 heteroatoms. The zero-order chi connectivity index (χ0) is 16.8. The van der Waals surface area contributed by atoms with Crippen molar-refractivity contribution < 1.29 is 14.3 Å². The number of ether oxygens (including phenoxy) is 2. The number of hydrogen-bond acceptors (Lipinski definition) is 4. The standard InChI is InChI=1S/C16H16Cl2N2O3/c1-2-22-15-7-10(16(21)20-19)4-6-14(15)23-9-11-3-5-12(17)8-13(11)18/h3-8H,2,9,19H2,1H3,(H,20,21). The highest BCUT2D eigenvalue weighted by Gasteiger charge is 2.11. The molecule has 2 aromatic carbocycles. The van der Waals surface area contributed by atoms with Gasteiger partial charge in [-0.25, -0.2) is 5.84 Å². The summed E-state index contributed by atoms with van der Waals surface area (Å²) < 4.78 is 11.3. The Hall–Kier alpha value is -1.95. The van der Waals surface area contributed by atoms with E-state index in [1.807, 2.05) is 6.92 Å². The molecule has 0 aliphatic rings. The summed E-state index contributed by atoms with van der Waals surface area (Å²) in [6, 6.07) is 10.0. The molecule has 0 aliphatic heterocycles. The van der Waals surface area contributed by atoms with E-state index in [2.05, 4.69) is 5.43 Å². The van der Waals surface area contributed by atoms with Crippen molar-refractivity contribution in [3.8, 4) is 11.5 Å². The van der Waals surface area contributed by atoms with Crippen molar-refractivity contribution in [2.45, 2.75) is 13.5 Å². The lowest BCUT2D eigenvalue weighted by atomic mass is 10.2. The monoisotopic (exact) mass is 354 g/mol. The Labute approximate surface area is 144 Å². The maximum absolute atomic E-state index is 11.6. The molecule has 23 heavy (non-hydrogen) atoms. The minimum Gasteiger partial charge on any atom is -0.490 e. The fourth-order valence-electron chi connectivity index (χ4n) is 1.91. The molecular formula is C16H16Cl2N2O3. The number of hydrogen-bond donors (Lipinski definition) is 2. The van der Waals surface area contributed by atoms with Gasteiger partial charge in [-0.15, -0.1) is 0 Å². The van der Waals surface area contributed by atoms with Crippen LogP contribution in [-0.4, -0.2) is 12.5 Å². The SMILES string of the molecule is CCOc1cc(C(=O)NN)ccc1OCc1ccc(Cl)cc1Cl. The predicted molar refractivity (Wildman–Crippen MR) is 90.1 cm³/mol. The van der Waals surface area contributed by atoms with E-state index < -0.39 is 5.91 Å². The third-order valence-corrected chi connectivity index (χ3v) is 3.62. The molecule has 0 bridgehead atoms. The Balaban J connectivity index is 2.19. The lowest BCUT2D eigenvalue weighted by Gasteiger charge is -2.13. The number of nitrogen functional groups attached to an aromatic ring is 1. The summed E-state index contributed by atoms with van der Waals surface area (Å²) in [5.74, 6) is 5.69. The Morgan fingerprint density at radius 2 is 1.91 bits per heavy atom. The van der Waals surface area contributed by atoms with Crippen LogP contribution in [-0.2, 0) is 6.61 Å². The Morgan fingerprint density at radius 3 is 2.57 bits per heavy atom. The van der Waals surface area contributed by atoms with Crippen LogP contribution in [0.2, 0.25) is 10.0 Å². The third-order valence-electron chi connectivity index (χ3n) is 3.04. The van der Waals surface area contributed by atoms with Gasteiger partial charge in [0.15, 0.2) is 11.5 Å². The van der Waals surface area contributed by atoms with E-state index in [0.717, 1.165) is 5.56 Å². The number of nitrogens with two attached hydrogens (primary N) is 1. The van der Waals surface area contributed by atoms with Crippen LogP contribution < -0.4 is 20.7 Å². The van der Waals surface area contributed by atoms with Crippen LogP contribution in [0.25, 0.3) is 0 Å². The van der Waals surface area contributed by atoms with Crippen molar-refractivity contribution in [1.29, 1.82) is 0 Å². The first-order chi connectivity index (χ1) is 11.0. The molecule has 0 fully saturated rings. The quantitative estimate of drug-likeness (QED) is 0.472. The van der Waals surface area contributed by atoms with E-state index in [-0.39, 0.29) is 6.61 Å². The maximum atomic E-state index is 11.6. The smallest absolute Gasteiger partial charge is 0.265 e. The summed E-state index contributed by atoms with van der Waals surface area (Å²) >= 11 is 12.0. The van der Waals surface area contributed by atoms with E-state index in [1.54, 1.807) is 36.4 Å². The molecule has 0 heterocycles. The molecule has 5 nitrogen and oxygen atoms in total. The zero-order valence-electron chi connectivity index (χ0n) is 12.4. The first-order valence-electron chi connectivity index (χ1n) is 6.89. The molecule has 2 aromatic rings. The van der Waals surface area contributed by atoms with Crippen molar-refractivity contribution in [3.05, 3.63) is 57.6 Å². The van der Waals surface area contributed by atoms with Gasteiger partial charge in [-0.3, -0.25) is 10.2 Å². The molecular weight excluding hydrogens is 339 g/mol. The second kappa shape index (κ2) is 8.06. The van der Waals surface area contributed by atoms with Crippen LogP contribution in [0.1, 0.15) is 22.8 Å². The highest BCUT2D eigenvalue weighted by Crippen LogP contribution is 2.30. The summed E-state index contributed by atoms with van der Waals surface area (Å²) in [6.45, 7) is 2.53. The lowest BCUT2D eigenvalue weighted by molar-refractivity contribution is 0.0953. The minimum absolute atomic E-state index is 0.249. The van der Waals surface area contributed by atoms with Gasteiger partial charge in [0.2, 0.25) is 0 Å². The van der Waals surface area contributed by atoms with Crippen LogP contribution in [0.4, 0.5) is 0 Å². The first-order valence-corrected chi connectivity index (χ1v) is 7.65. The molecule has 0 saturated carbocycles. The van der Waals surface area contributed by atoms with E-state index in [1.165, 1.54) is 0 Å². The second-order valence-corrected chi connectivity index (χ2v) is 5.44. The molecule has 0 atom stereocenters. The Bertz CT molecular complexity index is 708. The maximum Gasteiger partial charge on any atom is 0.265 e. The molecule has 0 spiro atoms. The number of halogens is 2. The molecule has 122 valence electrons. The van der Waals surface area contributed by atoms with Gasteiger partial charge in [0, 0.05) is 21.2 Å². The summed E-state index contributed by atoms with van der Waals surface area (Å²) in [6.07, 6.45) is 0. The molecule has 2 rings (SSSR count). The first kappa shape index (κ1) is 17.4. The minimum atomic E-state index is -0.404. The molecule has 0 unspecified atom stereocenters. The molecule has 0 aromatic heterocycles. The highest BCUT2D eigenvalue weighted by molar-refractivity contribution is 6.35. The summed E-state index contributed by atoms with van der Waals surface area (Å²) in [5, 5.41) is 1.08. The Morgan fingerprint density at radius 1 is 1.13 bits per heavy atom. The third kappa shape index (κ3) is 4.51. The molecule has 1 amide bonds. The molecule has 3 N–H and O–H groups in total. The number of carbonyl (C=O) groups excluding carboxylic acids is 1. The fourth-order valence-corrected chi connectivity index (χ4v) is 2.38. The van der Waals surface area contributed by atoms with Gasteiger partial charge in [-0.1, -0.05) is 29.3 Å². The molecule has 0 radical (unpaired) electrons. The lowest BCUT2D eigenvalue weighted by Crippen LogP contribution is -2.29. The van der Waals surface area contributed by atoms with Crippen molar-refractivity contribution in [2.24, 2.45) is 5.84 Å². The van der Waals surface area contributed by atoms with Crippen LogP contribution >= 0.6 is 23.2 Å². The van der Waals surface area contributed by atoms with E-state index >= 15 is 0 Å². The fraction of sp³-hybridized carbons (Fsp3) is 0.188. The van der Waals surface area contributed by atoms with Crippen LogP contribution in [0.15, 0.2) is 36.4 Å². The number of nitrogens with one attached hydrogen (secondary N) is 1. The predicted octanol–water partition coefficient (Wildman–Crippen LogP) is 3.57. The summed E-state index contributed by atoms with van der Waals surface area (Å²) in [7, 11) is 0. The van der Waals surface area contributed by atoms with Crippen molar-refractivity contribution in [3.63, 3.8) is 0 Å². The van der Waals surface area contributed by atoms with Gasteiger partial charge in [-0.2, -0.15) is 0 Å². The van der Waals surface area contributed by atoms with E-state index in [0.29, 0.717) is 33.7 Å². The normalized spacial score (nSPS) is 10.3. The van der Waals surface area contributed by atoms with Crippen molar-refractivity contribution >= 4 is 29.1 Å². The van der Waals surface area contributed by atoms with Gasteiger partial charge in [0.1, 0.15) is 6.61 Å². The second-order valence-electron chi connectivity index (χ2n) is 4.59. The van der Waals surface area contributed by atoms with Gasteiger partial charge < -0.3 is 9.47 Å². The average molecular weight is 355 g/mol. The van der Waals surface area contributed by atoms with Gasteiger partial charge in [0.25, 0.3) is 5.91 Å². The number of carbonyl (C=O) groups is 1. The topological polar surface area (TPSA) is 73.6 Å². The largest absolute Gasteiger partial charge is 0.490 e. The van der Waals surface area contributed by atoms with Crippen LogP contribution in [0, 0.1) is 0 Å². The van der Waals surface area contributed by atoms with Crippen molar-refractivity contribution in [1.82, 2.24) is 5.43 Å². The van der Waals surface area contributed by atoms with E-state index in [4.69, 9.17) is 38.5 Å². The number of hydrazine groups is 1. The number of amides is 1. The Kier molecular flexibility index (Phi) is 6.10.